The van der Waals surface area contributed by atoms with E-state index < -0.39 is 7.14 Å². The van der Waals surface area contributed by atoms with E-state index in [1.807, 2.05) is 30.3 Å². The van der Waals surface area contributed by atoms with Gasteiger partial charge in [0.25, 0.3) is 0 Å². The highest BCUT2D eigenvalue weighted by Gasteiger charge is 2.30. The summed E-state index contributed by atoms with van der Waals surface area (Å²) in [4.78, 5) is 0. The minimum Gasteiger partial charge on any atom is -0.309 e. The van der Waals surface area contributed by atoms with E-state index in [-0.39, 0.29) is 0 Å². The third kappa shape index (κ3) is 4.59. The molecule has 0 saturated heterocycles. The highest BCUT2D eigenvalue weighted by molar-refractivity contribution is 7.85. The van der Waals surface area contributed by atoms with E-state index in [9.17, 15) is 0 Å². The van der Waals surface area contributed by atoms with Crippen LogP contribution in [0.15, 0.2) is 188 Å². The van der Waals surface area contributed by atoms with Crippen LogP contribution in [0.3, 0.4) is 0 Å². The van der Waals surface area contributed by atoms with Crippen molar-refractivity contribution in [3.05, 3.63) is 188 Å². The lowest BCUT2D eigenvalue weighted by Gasteiger charge is -2.21. The largest absolute Gasteiger partial charge is 0.309 e. The molecule has 0 spiro atoms. The molecule has 0 aliphatic carbocycles. The van der Waals surface area contributed by atoms with Crippen LogP contribution in [0.4, 0.5) is 0 Å². The summed E-state index contributed by atoms with van der Waals surface area (Å²) < 4.78 is 15.5. The van der Waals surface area contributed by atoms with Gasteiger partial charge in [0, 0.05) is 15.9 Å². The summed E-state index contributed by atoms with van der Waals surface area (Å²) in [5.74, 6) is 0. The highest BCUT2D eigenvalue weighted by atomic mass is 31.2. The molecule has 9 aromatic rings. The van der Waals surface area contributed by atoms with E-state index in [0.29, 0.717) is 0 Å². The van der Waals surface area contributed by atoms with Gasteiger partial charge in [-0.1, -0.05) is 176 Å². The van der Waals surface area contributed by atoms with Crippen molar-refractivity contribution in [2.45, 2.75) is 0 Å². The Kier molecular flexibility index (Phi) is 6.82. The summed E-state index contributed by atoms with van der Waals surface area (Å²) in [6.07, 6.45) is 0. The lowest BCUT2D eigenvalue weighted by molar-refractivity contribution is 0.592. The molecule has 9 aromatic carbocycles. The van der Waals surface area contributed by atoms with Crippen molar-refractivity contribution in [1.29, 1.82) is 0 Å². The normalized spacial score (nSPS) is 11.8. The molecule has 0 saturated carbocycles. The smallest absolute Gasteiger partial charge is 0.171 e. The predicted octanol–water partition coefficient (Wildman–Crippen LogP) is 11.3. The fourth-order valence-corrected chi connectivity index (χ4v) is 10.00. The molecule has 226 valence electrons. The van der Waals surface area contributed by atoms with Crippen LogP contribution in [-0.2, 0) is 4.57 Å². The average molecular weight is 631 g/mol. The first-order valence-electron chi connectivity index (χ1n) is 16.4. The first kappa shape index (κ1) is 28.5. The molecule has 0 atom stereocenters. The maximum absolute atomic E-state index is 15.5. The quantitative estimate of drug-likeness (QED) is 0.137. The Bertz CT molecular complexity index is 2510. The second-order valence-corrected chi connectivity index (χ2v) is 15.2. The SMILES string of the molecule is O=P(c1ccccc1)(c1ccc(-c2cc3ccccc3c3ccccc23)cc1)c1ccc(-c2cc3ccccc3c3ccccc23)cc1. The summed E-state index contributed by atoms with van der Waals surface area (Å²) in [5.41, 5.74) is 4.58. The number of rotatable bonds is 5. The summed E-state index contributed by atoms with van der Waals surface area (Å²) in [5, 5.41) is 12.3. The van der Waals surface area contributed by atoms with E-state index in [1.54, 1.807) is 0 Å². The van der Waals surface area contributed by atoms with Crippen molar-refractivity contribution in [3.8, 4) is 22.3 Å². The van der Waals surface area contributed by atoms with Gasteiger partial charge in [0.15, 0.2) is 7.14 Å². The average Bonchev–Trinajstić information content (AvgIpc) is 3.17. The van der Waals surface area contributed by atoms with Crippen LogP contribution in [0.1, 0.15) is 0 Å². The van der Waals surface area contributed by atoms with Crippen LogP contribution < -0.4 is 15.9 Å². The molecule has 0 heterocycles. The number of hydrogen-bond donors (Lipinski definition) is 0. The lowest BCUT2D eigenvalue weighted by Crippen LogP contribution is -2.24. The highest BCUT2D eigenvalue weighted by Crippen LogP contribution is 2.44. The monoisotopic (exact) mass is 630 g/mol. The molecule has 2 heteroatoms. The molecule has 1 nitrogen and oxygen atoms in total. The summed E-state index contributed by atoms with van der Waals surface area (Å²) in [6, 6.07) is 65.6. The third-order valence-electron chi connectivity index (χ3n) is 9.74. The predicted molar refractivity (Wildman–Crippen MR) is 207 cm³/mol. The van der Waals surface area contributed by atoms with E-state index >= 15 is 4.57 Å². The molecular formula is C46H31OP. The Balaban J connectivity index is 1.16. The van der Waals surface area contributed by atoms with Crippen LogP contribution in [0.25, 0.3) is 65.3 Å². The van der Waals surface area contributed by atoms with Crippen molar-refractivity contribution in [3.63, 3.8) is 0 Å². The standard InChI is InChI=1S/C46H31OP/c47-48(36-14-2-1-3-15-36,37-26-22-32(23-27-37)45-30-34-12-4-6-16-39(34)41-18-8-10-20-43(41)45)38-28-24-33(25-29-38)46-31-35-13-5-7-17-40(35)42-19-9-11-21-44(42)46/h1-31H. The van der Waals surface area contributed by atoms with Crippen molar-refractivity contribution in [1.82, 2.24) is 0 Å². The minimum absolute atomic E-state index is 0.825. The van der Waals surface area contributed by atoms with Crippen LogP contribution in [-0.4, -0.2) is 0 Å². The zero-order valence-electron chi connectivity index (χ0n) is 26.3. The Morgan fingerprint density at radius 2 is 0.625 bits per heavy atom. The van der Waals surface area contributed by atoms with Gasteiger partial charge in [-0.05, 0) is 77.5 Å². The van der Waals surface area contributed by atoms with Gasteiger partial charge in [-0.3, -0.25) is 0 Å². The molecule has 48 heavy (non-hydrogen) atoms. The molecule has 0 unspecified atom stereocenters. The molecule has 0 N–H and O–H groups in total. The maximum atomic E-state index is 15.5. The van der Waals surface area contributed by atoms with E-state index in [4.69, 9.17) is 0 Å². The molecule has 0 bridgehead atoms. The van der Waals surface area contributed by atoms with Crippen molar-refractivity contribution >= 4 is 66.1 Å². The lowest BCUT2D eigenvalue weighted by atomic mass is 9.93. The van der Waals surface area contributed by atoms with Crippen molar-refractivity contribution in [2.24, 2.45) is 0 Å². The molecular weight excluding hydrogens is 599 g/mol. The van der Waals surface area contributed by atoms with Gasteiger partial charge in [-0.2, -0.15) is 0 Å². The molecule has 0 radical (unpaired) electrons. The van der Waals surface area contributed by atoms with Crippen molar-refractivity contribution in [2.75, 3.05) is 0 Å². The van der Waals surface area contributed by atoms with Crippen LogP contribution in [0, 0.1) is 0 Å². The fraction of sp³-hybridized carbons (Fsp3) is 0. The first-order chi connectivity index (χ1) is 23.7. The van der Waals surface area contributed by atoms with Gasteiger partial charge in [-0.15, -0.1) is 0 Å². The Morgan fingerprint density at radius 1 is 0.292 bits per heavy atom. The van der Waals surface area contributed by atoms with E-state index in [2.05, 4.69) is 158 Å². The van der Waals surface area contributed by atoms with Crippen LogP contribution >= 0.6 is 7.14 Å². The number of benzene rings is 9. The number of hydrogen-bond acceptors (Lipinski definition) is 1. The van der Waals surface area contributed by atoms with E-state index in [0.717, 1.165) is 27.0 Å². The summed E-state index contributed by atoms with van der Waals surface area (Å²) in [7, 11) is -3.17. The number of fused-ring (bicyclic) bond motifs is 6. The van der Waals surface area contributed by atoms with Gasteiger partial charge in [0.05, 0.1) is 0 Å². The Hall–Kier alpha value is -5.75. The third-order valence-corrected chi connectivity index (χ3v) is 12.8. The minimum atomic E-state index is -3.17. The first-order valence-corrected chi connectivity index (χ1v) is 18.1. The van der Waals surface area contributed by atoms with Crippen LogP contribution in [0.2, 0.25) is 0 Å². The van der Waals surface area contributed by atoms with E-state index in [1.165, 1.54) is 54.2 Å². The zero-order valence-corrected chi connectivity index (χ0v) is 27.1. The molecule has 9 rings (SSSR count). The summed E-state index contributed by atoms with van der Waals surface area (Å²) >= 11 is 0. The molecule has 0 fully saturated rings. The van der Waals surface area contributed by atoms with Gasteiger partial charge in [0.2, 0.25) is 0 Å². The fourth-order valence-electron chi connectivity index (χ4n) is 7.37. The Morgan fingerprint density at radius 3 is 1.06 bits per heavy atom. The van der Waals surface area contributed by atoms with Gasteiger partial charge in [-0.25, -0.2) is 0 Å². The second kappa shape index (κ2) is 11.5. The van der Waals surface area contributed by atoms with Crippen LogP contribution in [0.5, 0.6) is 0 Å². The van der Waals surface area contributed by atoms with Crippen molar-refractivity contribution < 1.29 is 4.57 Å². The van der Waals surface area contributed by atoms with Gasteiger partial charge in [0.1, 0.15) is 0 Å². The molecule has 0 aliphatic heterocycles. The second-order valence-electron chi connectivity index (χ2n) is 12.4. The molecule has 0 amide bonds. The Labute approximate surface area is 280 Å². The summed E-state index contributed by atoms with van der Waals surface area (Å²) in [6.45, 7) is 0. The van der Waals surface area contributed by atoms with Gasteiger partial charge < -0.3 is 4.57 Å². The topological polar surface area (TPSA) is 17.1 Å². The molecule has 0 aliphatic rings. The van der Waals surface area contributed by atoms with Gasteiger partial charge >= 0.3 is 0 Å². The maximum Gasteiger partial charge on any atom is 0.171 e. The zero-order chi connectivity index (χ0) is 32.1. The molecule has 0 aromatic heterocycles.